The number of halogens is 1. The molecule has 0 atom stereocenters. The molecule has 2 heterocycles. The summed E-state index contributed by atoms with van der Waals surface area (Å²) in [6, 6.07) is 7.73. The summed E-state index contributed by atoms with van der Waals surface area (Å²) < 4.78 is 0. The van der Waals surface area contributed by atoms with Crippen LogP contribution in [0.1, 0.15) is 10.7 Å². The van der Waals surface area contributed by atoms with Crippen LogP contribution in [0, 0.1) is 6.92 Å². The van der Waals surface area contributed by atoms with Gasteiger partial charge in [-0.2, -0.15) is 0 Å². The summed E-state index contributed by atoms with van der Waals surface area (Å²) in [5.41, 5.74) is 2.90. The first-order valence-corrected chi connectivity index (χ1v) is 7.17. The lowest BCUT2D eigenvalue weighted by molar-refractivity contribution is 1.06. The summed E-state index contributed by atoms with van der Waals surface area (Å²) >= 11 is 7.78. The van der Waals surface area contributed by atoms with Gasteiger partial charge in [0.25, 0.3) is 0 Å². The average molecular weight is 290 g/mol. The van der Waals surface area contributed by atoms with Gasteiger partial charge < -0.3 is 5.32 Å². The minimum Gasteiger partial charge on any atom is -0.378 e. The van der Waals surface area contributed by atoms with E-state index >= 15 is 0 Å². The summed E-state index contributed by atoms with van der Waals surface area (Å²) in [5.74, 6) is 0. The molecule has 0 unspecified atom stereocenters. The highest BCUT2D eigenvalue weighted by Crippen LogP contribution is 2.26. The van der Waals surface area contributed by atoms with E-state index in [1.54, 1.807) is 17.5 Å². The summed E-state index contributed by atoms with van der Waals surface area (Å²) in [7, 11) is 0. The van der Waals surface area contributed by atoms with Gasteiger partial charge in [0, 0.05) is 22.0 Å². The third-order valence-corrected chi connectivity index (χ3v) is 3.84. The Kier molecular flexibility index (Phi) is 3.36. The normalized spacial score (nSPS) is 10.8. The molecule has 3 aromatic rings. The Morgan fingerprint density at radius 3 is 3.05 bits per heavy atom. The summed E-state index contributed by atoms with van der Waals surface area (Å²) in [6.07, 6.45) is 1.79. The van der Waals surface area contributed by atoms with Crippen LogP contribution in [0.15, 0.2) is 35.8 Å². The van der Waals surface area contributed by atoms with E-state index in [1.165, 1.54) is 0 Å². The number of thiazole rings is 1. The fraction of sp³-hybridized carbons (Fsp3) is 0.143. The van der Waals surface area contributed by atoms with E-state index in [2.05, 4.69) is 20.7 Å². The van der Waals surface area contributed by atoms with Gasteiger partial charge in [0.1, 0.15) is 0 Å². The largest absolute Gasteiger partial charge is 0.378 e. The van der Waals surface area contributed by atoms with Crippen molar-refractivity contribution in [1.82, 2.24) is 9.97 Å². The highest BCUT2D eigenvalue weighted by molar-refractivity contribution is 7.09. The van der Waals surface area contributed by atoms with E-state index < -0.39 is 0 Å². The van der Waals surface area contributed by atoms with Crippen LogP contribution in [0.3, 0.4) is 0 Å². The third-order valence-electron chi connectivity index (χ3n) is 2.80. The number of aryl methyl sites for hydroxylation is 1. The number of benzene rings is 1. The number of nitrogens with one attached hydrogen (secondary N) is 1. The van der Waals surface area contributed by atoms with Gasteiger partial charge in [0.05, 0.1) is 28.5 Å². The molecule has 0 aliphatic rings. The smallest absolute Gasteiger partial charge is 0.0934 e. The lowest BCUT2D eigenvalue weighted by Crippen LogP contribution is -2.01. The summed E-state index contributed by atoms with van der Waals surface area (Å²) in [6.45, 7) is 2.68. The van der Waals surface area contributed by atoms with Crippen LogP contribution in [0.2, 0.25) is 5.02 Å². The van der Waals surface area contributed by atoms with Crippen LogP contribution in [0.25, 0.3) is 10.9 Å². The van der Waals surface area contributed by atoms with Gasteiger partial charge in [-0.15, -0.1) is 11.3 Å². The number of pyridine rings is 1. The Labute approximate surface area is 120 Å². The van der Waals surface area contributed by atoms with E-state index in [1.807, 2.05) is 31.2 Å². The van der Waals surface area contributed by atoms with Gasteiger partial charge in [-0.05, 0) is 25.1 Å². The van der Waals surface area contributed by atoms with Crippen LogP contribution in [0.4, 0.5) is 5.69 Å². The van der Waals surface area contributed by atoms with Crippen LogP contribution < -0.4 is 5.32 Å². The Morgan fingerprint density at radius 2 is 2.26 bits per heavy atom. The van der Waals surface area contributed by atoms with Crippen molar-refractivity contribution in [1.29, 1.82) is 0 Å². The van der Waals surface area contributed by atoms with Crippen molar-refractivity contribution in [3.05, 3.63) is 51.6 Å². The van der Waals surface area contributed by atoms with Crippen molar-refractivity contribution in [3.8, 4) is 0 Å². The molecule has 1 aromatic carbocycles. The molecule has 19 heavy (non-hydrogen) atoms. The van der Waals surface area contributed by atoms with Gasteiger partial charge in [0.2, 0.25) is 0 Å². The van der Waals surface area contributed by atoms with Crippen LogP contribution in [-0.4, -0.2) is 9.97 Å². The fourth-order valence-electron chi connectivity index (χ4n) is 1.97. The number of anilines is 1. The van der Waals surface area contributed by atoms with Crippen LogP contribution in [-0.2, 0) is 6.54 Å². The minimum absolute atomic E-state index is 0.677. The molecule has 0 saturated heterocycles. The molecule has 0 radical (unpaired) electrons. The number of aromatic nitrogens is 2. The first-order chi connectivity index (χ1) is 9.22. The second-order valence-corrected chi connectivity index (χ2v) is 5.74. The Morgan fingerprint density at radius 1 is 1.37 bits per heavy atom. The van der Waals surface area contributed by atoms with Gasteiger partial charge in [-0.1, -0.05) is 17.7 Å². The molecule has 0 amide bonds. The molecule has 1 N–H and O–H groups in total. The zero-order valence-corrected chi connectivity index (χ0v) is 11.9. The molecule has 0 bridgehead atoms. The zero-order valence-electron chi connectivity index (χ0n) is 10.4. The van der Waals surface area contributed by atoms with Crippen LogP contribution in [0.5, 0.6) is 0 Å². The van der Waals surface area contributed by atoms with E-state index in [-0.39, 0.29) is 0 Å². The quantitative estimate of drug-likeness (QED) is 0.782. The number of fused-ring (bicyclic) bond motifs is 1. The zero-order chi connectivity index (χ0) is 13.2. The van der Waals surface area contributed by atoms with Gasteiger partial charge in [-0.25, -0.2) is 4.98 Å². The average Bonchev–Trinajstić information content (AvgIpc) is 2.81. The summed E-state index contributed by atoms with van der Waals surface area (Å²) in [4.78, 5) is 8.83. The molecule has 3 rings (SSSR count). The van der Waals surface area contributed by atoms with Crippen LogP contribution >= 0.6 is 22.9 Å². The second kappa shape index (κ2) is 5.15. The van der Waals surface area contributed by atoms with Crippen molar-refractivity contribution in [2.75, 3.05) is 5.32 Å². The van der Waals surface area contributed by atoms with E-state index in [9.17, 15) is 0 Å². The van der Waals surface area contributed by atoms with Gasteiger partial charge in [0.15, 0.2) is 0 Å². The molecular weight excluding hydrogens is 278 g/mol. The minimum atomic E-state index is 0.677. The van der Waals surface area contributed by atoms with Crippen molar-refractivity contribution in [2.45, 2.75) is 13.5 Å². The molecule has 0 spiro atoms. The predicted molar refractivity (Wildman–Crippen MR) is 80.9 cm³/mol. The topological polar surface area (TPSA) is 37.8 Å². The number of hydrogen-bond donors (Lipinski definition) is 1. The Bertz CT molecular complexity index is 724. The Hall–Kier alpha value is -1.65. The molecule has 3 nitrogen and oxygen atoms in total. The van der Waals surface area contributed by atoms with Crippen molar-refractivity contribution >= 4 is 39.5 Å². The van der Waals surface area contributed by atoms with E-state index in [0.29, 0.717) is 11.6 Å². The van der Waals surface area contributed by atoms with Crippen molar-refractivity contribution in [2.24, 2.45) is 0 Å². The maximum absolute atomic E-state index is 6.13. The maximum atomic E-state index is 6.13. The molecule has 2 aromatic heterocycles. The Balaban J connectivity index is 1.91. The number of nitrogens with zero attached hydrogens (tertiary/aromatic N) is 2. The molecule has 0 aliphatic carbocycles. The maximum Gasteiger partial charge on any atom is 0.0934 e. The predicted octanol–water partition coefficient (Wildman–Crippen LogP) is 4.27. The monoisotopic (exact) mass is 289 g/mol. The molecule has 0 saturated carbocycles. The lowest BCUT2D eigenvalue weighted by Gasteiger charge is -2.08. The highest BCUT2D eigenvalue weighted by atomic mass is 35.5. The molecular formula is C14H12ClN3S. The number of rotatable bonds is 3. The molecule has 5 heteroatoms. The molecule has 96 valence electrons. The summed E-state index contributed by atoms with van der Waals surface area (Å²) in [5, 5.41) is 8.23. The highest BCUT2D eigenvalue weighted by Gasteiger charge is 2.05. The second-order valence-electron chi connectivity index (χ2n) is 4.24. The van der Waals surface area contributed by atoms with Crippen molar-refractivity contribution in [3.63, 3.8) is 0 Å². The van der Waals surface area contributed by atoms with Gasteiger partial charge >= 0.3 is 0 Å². The lowest BCUT2D eigenvalue weighted by atomic mass is 10.2. The van der Waals surface area contributed by atoms with E-state index in [0.717, 1.165) is 27.3 Å². The van der Waals surface area contributed by atoms with E-state index in [4.69, 9.17) is 11.6 Å². The number of hydrogen-bond acceptors (Lipinski definition) is 4. The third kappa shape index (κ3) is 2.69. The van der Waals surface area contributed by atoms with Gasteiger partial charge in [-0.3, -0.25) is 4.98 Å². The first-order valence-electron chi connectivity index (χ1n) is 5.91. The van der Waals surface area contributed by atoms with Crippen molar-refractivity contribution < 1.29 is 0 Å². The first kappa shape index (κ1) is 12.4. The molecule has 0 aliphatic heterocycles. The standard InChI is InChI=1S/C14H12ClN3S/c1-9-18-12(8-19-9)7-17-13-6-11(15)5-10-3-2-4-16-14(10)13/h2-6,8,17H,7H2,1H3. The molecule has 0 fully saturated rings. The fourth-order valence-corrected chi connectivity index (χ4v) is 2.80. The SMILES string of the molecule is Cc1nc(CNc2cc(Cl)cc3cccnc23)cs1.